The smallest absolute Gasteiger partial charge is 0.191 e. The van der Waals surface area contributed by atoms with E-state index in [2.05, 4.69) is 15.6 Å². The van der Waals surface area contributed by atoms with Crippen molar-refractivity contribution in [2.75, 3.05) is 13.1 Å². The highest BCUT2D eigenvalue weighted by molar-refractivity contribution is 5.80. The minimum Gasteiger partial charge on any atom is -0.393 e. The number of rotatable bonds is 5. The second-order valence-electron chi connectivity index (χ2n) is 6.44. The first kappa shape index (κ1) is 18.6. The van der Waals surface area contributed by atoms with Gasteiger partial charge in [0, 0.05) is 25.0 Å². The van der Waals surface area contributed by atoms with Crippen LogP contribution in [0, 0.1) is 11.6 Å². The van der Waals surface area contributed by atoms with E-state index in [4.69, 9.17) is 0 Å². The Bertz CT molecular complexity index is 557. The highest BCUT2D eigenvalue weighted by atomic mass is 19.2. The predicted octanol–water partition coefficient (Wildman–Crippen LogP) is 2.93. The normalized spacial score (nSPS) is 23.0. The van der Waals surface area contributed by atoms with E-state index in [0.717, 1.165) is 49.8 Å². The lowest BCUT2D eigenvalue weighted by molar-refractivity contribution is 0.120. The zero-order chi connectivity index (χ0) is 17.5. The average molecular weight is 339 g/mol. The lowest BCUT2D eigenvalue weighted by Gasteiger charge is -2.27. The molecule has 0 bridgehead atoms. The highest BCUT2D eigenvalue weighted by Crippen LogP contribution is 2.19. The van der Waals surface area contributed by atoms with Crippen LogP contribution in [0.3, 0.4) is 0 Å². The fourth-order valence-electron chi connectivity index (χ4n) is 2.89. The maximum Gasteiger partial charge on any atom is 0.191 e. The Morgan fingerprint density at radius 3 is 2.58 bits per heavy atom. The van der Waals surface area contributed by atoms with Gasteiger partial charge in [0.1, 0.15) is 0 Å². The van der Waals surface area contributed by atoms with Gasteiger partial charge in [0.25, 0.3) is 0 Å². The Labute approximate surface area is 142 Å². The van der Waals surface area contributed by atoms with Gasteiger partial charge in [-0.1, -0.05) is 13.0 Å². The van der Waals surface area contributed by atoms with E-state index in [1.807, 2.05) is 13.8 Å². The zero-order valence-electron chi connectivity index (χ0n) is 14.4. The summed E-state index contributed by atoms with van der Waals surface area (Å²) >= 11 is 0. The summed E-state index contributed by atoms with van der Waals surface area (Å²) in [5.41, 5.74) is 0.731. The third-order valence-corrected chi connectivity index (χ3v) is 4.42. The fraction of sp³-hybridized carbons (Fsp3) is 0.611. The van der Waals surface area contributed by atoms with Crippen LogP contribution >= 0.6 is 0 Å². The van der Waals surface area contributed by atoms with Crippen LogP contribution in [0.1, 0.15) is 51.0 Å². The van der Waals surface area contributed by atoms with Crippen LogP contribution in [-0.4, -0.2) is 36.3 Å². The molecule has 0 aliphatic heterocycles. The Kier molecular flexibility index (Phi) is 6.97. The van der Waals surface area contributed by atoms with Crippen LogP contribution in [0.2, 0.25) is 0 Å². The Hall–Kier alpha value is -1.69. The summed E-state index contributed by atoms with van der Waals surface area (Å²) in [7, 11) is 0. The molecule has 1 aliphatic rings. The van der Waals surface area contributed by atoms with Crippen molar-refractivity contribution in [3.05, 3.63) is 35.4 Å². The van der Waals surface area contributed by atoms with Crippen molar-refractivity contribution in [3.63, 3.8) is 0 Å². The monoisotopic (exact) mass is 339 g/mol. The Balaban J connectivity index is 1.95. The number of benzene rings is 1. The van der Waals surface area contributed by atoms with E-state index in [9.17, 15) is 13.9 Å². The molecule has 1 aromatic carbocycles. The third kappa shape index (κ3) is 5.44. The topological polar surface area (TPSA) is 56.7 Å². The molecule has 134 valence electrons. The molecule has 0 radical (unpaired) electrons. The number of nitrogens with zero attached hydrogens (tertiary/aromatic N) is 1. The van der Waals surface area contributed by atoms with E-state index < -0.39 is 11.6 Å². The first-order chi connectivity index (χ1) is 11.5. The van der Waals surface area contributed by atoms with Crippen molar-refractivity contribution in [1.29, 1.82) is 0 Å². The van der Waals surface area contributed by atoms with Gasteiger partial charge in [-0.15, -0.1) is 0 Å². The van der Waals surface area contributed by atoms with Gasteiger partial charge in [0.15, 0.2) is 17.6 Å². The summed E-state index contributed by atoms with van der Waals surface area (Å²) in [6.45, 7) is 5.17. The second kappa shape index (κ2) is 8.97. The van der Waals surface area contributed by atoms with Gasteiger partial charge in [0.05, 0.1) is 6.10 Å². The third-order valence-electron chi connectivity index (χ3n) is 4.42. The van der Waals surface area contributed by atoms with E-state index in [-0.39, 0.29) is 12.0 Å². The lowest BCUT2D eigenvalue weighted by Crippen LogP contribution is -2.45. The molecular formula is C18H27F2N3O. The quantitative estimate of drug-likeness (QED) is 0.571. The molecule has 1 atom stereocenters. The molecule has 1 fully saturated rings. The Morgan fingerprint density at radius 2 is 1.96 bits per heavy atom. The van der Waals surface area contributed by atoms with E-state index in [1.54, 1.807) is 6.07 Å². The van der Waals surface area contributed by atoms with Gasteiger partial charge < -0.3 is 15.7 Å². The van der Waals surface area contributed by atoms with Crippen molar-refractivity contribution in [3.8, 4) is 0 Å². The SMILES string of the molecule is CCNC(=NCC(C)c1ccc(F)c(F)c1)NC1CCC(O)CC1. The van der Waals surface area contributed by atoms with Crippen LogP contribution in [-0.2, 0) is 0 Å². The molecule has 0 heterocycles. The summed E-state index contributed by atoms with van der Waals surface area (Å²) in [6.07, 6.45) is 3.27. The standard InChI is InChI=1S/C18H27F2N3O/c1-3-21-18(23-14-5-7-15(24)8-6-14)22-11-12(2)13-4-9-16(19)17(20)10-13/h4,9-10,12,14-15,24H,3,5-8,11H2,1-2H3,(H2,21,22,23). The number of hydrogen-bond donors (Lipinski definition) is 3. The second-order valence-corrected chi connectivity index (χ2v) is 6.44. The van der Waals surface area contributed by atoms with Crippen molar-refractivity contribution in [1.82, 2.24) is 10.6 Å². The van der Waals surface area contributed by atoms with Crippen molar-refractivity contribution >= 4 is 5.96 Å². The molecule has 0 amide bonds. The van der Waals surface area contributed by atoms with Crippen LogP contribution < -0.4 is 10.6 Å². The molecule has 0 spiro atoms. The predicted molar refractivity (Wildman–Crippen MR) is 92.2 cm³/mol. The lowest BCUT2D eigenvalue weighted by atomic mass is 9.93. The summed E-state index contributed by atoms with van der Waals surface area (Å²) < 4.78 is 26.4. The number of guanidine groups is 1. The number of hydrogen-bond acceptors (Lipinski definition) is 2. The maximum atomic E-state index is 13.3. The van der Waals surface area contributed by atoms with Gasteiger partial charge in [0.2, 0.25) is 0 Å². The number of aliphatic hydroxyl groups is 1. The number of aliphatic imine (C=N–C) groups is 1. The van der Waals surface area contributed by atoms with E-state index in [1.165, 1.54) is 6.07 Å². The summed E-state index contributed by atoms with van der Waals surface area (Å²) in [5.74, 6) is -0.935. The molecule has 4 nitrogen and oxygen atoms in total. The van der Waals surface area contributed by atoms with Crippen molar-refractivity contribution in [2.24, 2.45) is 4.99 Å². The zero-order valence-corrected chi connectivity index (χ0v) is 14.4. The molecule has 1 unspecified atom stereocenters. The van der Waals surface area contributed by atoms with E-state index in [0.29, 0.717) is 12.6 Å². The Morgan fingerprint density at radius 1 is 1.25 bits per heavy atom. The summed E-state index contributed by atoms with van der Waals surface area (Å²) in [5, 5.41) is 16.2. The van der Waals surface area contributed by atoms with Gasteiger partial charge >= 0.3 is 0 Å². The molecule has 0 saturated heterocycles. The molecule has 24 heavy (non-hydrogen) atoms. The van der Waals surface area contributed by atoms with Gasteiger partial charge in [-0.3, -0.25) is 4.99 Å². The first-order valence-electron chi connectivity index (χ1n) is 8.67. The molecule has 2 rings (SSSR count). The number of nitrogens with one attached hydrogen (secondary N) is 2. The van der Waals surface area contributed by atoms with E-state index >= 15 is 0 Å². The van der Waals surface area contributed by atoms with Crippen LogP contribution in [0.15, 0.2) is 23.2 Å². The van der Waals surface area contributed by atoms with Crippen LogP contribution in [0.4, 0.5) is 8.78 Å². The number of halogens is 2. The first-order valence-corrected chi connectivity index (χ1v) is 8.67. The fourth-order valence-corrected chi connectivity index (χ4v) is 2.89. The minimum absolute atomic E-state index is 0.0104. The molecular weight excluding hydrogens is 312 g/mol. The van der Waals surface area contributed by atoms with Crippen LogP contribution in [0.25, 0.3) is 0 Å². The average Bonchev–Trinajstić information content (AvgIpc) is 2.57. The van der Waals surface area contributed by atoms with Crippen molar-refractivity contribution in [2.45, 2.75) is 57.6 Å². The summed E-state index contributed by atoms with van der Waals surface area (Å²) in [4.78, 5) is 4.57. The van der Waals surface area contributed by atoms with Gasteiger partial charge in [-0.2, -0.15) is 0 Å². The molecule has 1 aromatic rings. The van der Waals surface area contributed by atoms with Crippen LogP contribution in [0.5, 0.6) is 0 Å². The van der Waals surface area contributed by atoms with Gasteiger partial charge in [-0.25, -0.2) is 8.78 Å². The molecule has 1 saturated carbocycles. The maximum absolute atomic E-state index is 13.3. The minimum atomic E-state index is -0.830. The van der Waals surface area contributed by atoms with Crippen molar-refractivity contribution < 1.29 is 13.9 Å². The highest BCUT2D eigenvalue weighted by Gasteiger charge is 2.20. The molecule has 3 N–H and O–H groups in total. The number of aliphatic hydroxyl groups excluding tert-OH is 1. The van der Waals surface area contributed by atoms with Gasteiger partial charge in [-0.05, 0) is 50.3 Å². The largest absolute Gasteiger partial charge is 0.393 e. The molecule has 1 aliphatic carbocycles. The summed E-state index contributed by atoms with van der Waals surface area (Å²) in [6, 6.07) is 4.30. The molecule has 0 aromatic heterocycles. The molecule has 6 heteroatoms.